The summed E-state index contributed by atoms with van der Waals surface area (Å²) in [5, 5.41) is 29.3. The van der Waals surface area contributed by atoms with Gasteiger partial charge in [0.2, 0.25) is 5.75 Å². The Morgan fingerprint density at radius 3 is 2.42 bits per heavy atom. The lowest BCUT2D eigenvalue weighted by atomic mass is 9.87. The maximum absolute atomic E-state index is 12.8. The predicted octanol–water partition coefficient (Wildman–Crippen LogP) is 2.18. The van der Waals surface area contributed by atoms with E-state index < -0.39 is 5.92 Å². The van der Waals surface area contributed by atoms with Crippen LogP contribution in [0.25, 0.3) is 0 Å². The maximum atomic E-state index is 12.8. The van der Waals surface area contributed by atoms with Gasteiger partial charge in [-0.1, -0.05) is 6.07 Å². The number of benzene rings is 2. The van der Waals surface area contributed by atoms with E-state index in [0.717, 1.165) is 6.07 Å². The molecule has 0 bridgehead atoms. The first-order valence-electron chi connectivity index (χ1n) is 7.14. The van der Waals surface area contributed by atoms with Crippen molar-refractivity contribution >= 4 is 5.78 Å². The van der Waals surface area contributed by atoms with Gasteiger partial charge < -0.3 is 29.5 Å². The molecule has 1 unspecified atom stereocenters. The Bertz CT molecular complexity index is 813. The summed E-state index contributed by atoms with van der Waals surface area (Å²) in [5.41, 5.74) is 0.466. The van der Waals surface area contributed by atoms with Crippen LogP contribution >= 0.6 is 0 Å². The van der Waals surface area contributed by atoms with Gasteiger partial charge in [-0.05, 0) is 6.07 Å². The Labute approximate surface area is 137 Å². The van der Waals surface area contributed by atoms with E-state index in [1.807, 2.05) is 0 Å². The fraction of sp³-hybridized carbons (Fsp3) is 0.235. The van der Waals surface area contributed by atoms with Crippen molar-refractivity contribution in [3.63, 3.8) is 0 Å². The van der Waals surface area contributed by atoms with E-state index in [4.69, 9.17) is 14.2 Å². The molecule has 0 fully saturated rings. The normalized spacial score (nSPS) is 16.2. The van der Waals surface area contributed by atoms with Gasteiger partial charge >= 0.3 is 0 Å². The number of rotatable bonds is 3. The Morgan fingerprint density at radius 2 is 1.75 bits per heavy atom. The molecule has 0 saturated heterocycles. The highest BCUT2D eigenvalue weighted by Gasteiger charge is 2.35. The molecule has 126 valence electrons. The van der Waals surface area contributed by atoms with Crippen LogP contribution in [0.5, 0.6) is 34.5 Å². The number of Topliss-reactive ketones (excluding diaryl/α,β-unsaturated/α-hetero) is 1. The van der Waals surface area contributed by atoms with Crippen molar-refractivity contribution in [3.05, 3.63) is 35.4 Å². The Hall–Kier alpha value is -3.09. The SMILES string of the molecule is COc1c(O)ccc(C2COc3cc(O)cc(O)c3C2=O)c1OC. The number of phenolic OH excluding ortho intramolecular Hbond substituents is 3. The molecule has 0 amide bonds. The van der Waals surface area contributed by atoms with Crippen LogP contribution in [0.1, 0.15) is 21.8 Å². The zero-order chi connectivity index (χ0) is 17.4. The number of phenols is 3. The zero-order valence-corrected chi connectivity index (χ0v) is 13.1. The molecule has 0 aliphatic carbocycles. The first-order chi connectivity index (χ1) is 11.5. The summed E-state index contributed by atoms with van der Waals surface area (Å²) in [5.74, 6) is -1.33. The van der Waals surface area contributed by atoms with Gasteiger partial charge in [-0.15, -0.1) is 0 Å². The average Bonchev–Trinajstić information content (AvgIpc) is 2.54. The molecule has 0 spiro atoms. The molecule has 1 aliphatic rings. The third-order valence-electron chi connectivity index (χ3n) is 3.94. The molecule has 1 aliphatic heterocycles. The van der Waals surface area contributed by atoms with Gasteiger partial charge in [0.1, 0.15) is 29.4 Å². The Balaban J connectivity index is 2.11. The molecule has 7 heteroatoms. The predicted molar refractivity (Wildman–Crippen MR) is 83.5 cm³/mol. The molecule has 24 heavy (non-hydrogen) atoms. The first-order valence-corrected chi connectivity index (χ1v) is 7.14. The van der Waals surface area contributed by atoms with Crippen LogP contribution in [0.2, 0.25) is 0 Å². The van der Waals surface area contributed by atoms with Crippen molar-refractivity contribution in [2.24, 2.45) is 0 Å². The first kappa shape index (κ1) is 15.8. The van der Waals surface area contributed by atoms with E-state index in [1.54, 1.807) is 6.07 Å². The molecule has 1 atom stereocenters. The Kier molecular flexibility index (Phi) is 3.84. The molecule has 3 N–H and O–H groups in total. The lowest BCUT2D eigenvalue weighted by molar-refractivity contribution is 0.0889. The largest absolute Gasteiger partial charge is 0.508 e. The maximum Gasteiger partial charge on any atom is 0.203 e. The fourth-order valence-electron chi connectivity index (χ4n) is 2.85. The van der Waals surface area contributed by atoms with Crippen LogP contribution in [-0.4, -0.2) is 41.9 Å². The standard InChI is InChI=1S/C17H16O7/c1-22-16-9(3-4-11(19)17(16)23-2)10-7-24-13-6-8(18)5-12(20)14(13)15(10)21/h3-6,10,18-20H,7H2,1-2H3. The van der Waals surface area contributed by atoms with Crippen molar-refractivity contribution in [1.29, 1.82) is 0 Å². The lowest BCUT2D eigenvalue weighted by Crippen LogP contribution is -2.26. The number of methoxy groups -OCH3 is 2. The molecular weight excluding hydrogens is 316 g/mol. The second kappa shape index (κ2) is 5.84. The third-order valence-corrected chi connectivity index (χ3v) is 3.94. The minimum atomic E-state index is -0.752. The third kappa shape index (κ3) is 2.34. The lowest BCUT2D eigenvalue weighted by Gasteiger charge is -2.26. The van der Waals surface area contributed by atoms with Crippen LogP contribution in [0, 0.1) is 0 Å². The van der Waals surface area contributed by atoms with Crippen molar-refractivity contribution in [2.45, 2.75) is 5.92 Å². The van der Waals surface area contributed by atoms with E-state index >= 15 is 0 Å². The van der Waals surface area contributed by atoms with E-state index in [9.17, 15) is 20.1 Å². The van der Waals surface area contributed by atoms with Crippen LogP contribution in [0.3, 0.4) is 0 Å². The molecule has 7 nitrogen and oxygen atoms in total. The smallest absolute Gasteiger partial charge is 0.203 e. The van der Waals surface area contributed by atoms with Gasteiger partial charge in [-0.25, -0.2) is 0 Å². The second-order valence-electron chi connectivity index (χ2n) is 5.31. The van der Waals surface area contributed by atoms with Gasteiger partial charge in [-0.3, -0.25) is 4.79 Å². The summed E-state index contributed by atoms with van der Waals surface area (Å²) in [6.45, 7) is -0.000976. The van der Waals surface area contributed by atoms with Crippen LogP contribution < -0.4 is 14.2 Å². The second-order valence-corrected chi connectivity index (χ2v) is 5.31. The van der Waals surface area contributed by atoms with Gasteiger partial charge in [0.05, 0.1) is 20.1 Å². The number of ketones is 1. The van der Waals surface area contributed by atoms with E-state index in [2.05, 4.69) is 0 Å². The van der Waals surface area contributed by atoms with Crippen molar-refractivity contribution in [1.82, 2.24) is 0 Å². The monoisotopic (exact) mass is 332 g/mol. The van der Waals surface area contributed by atoms with Gasteiger partial charge in [0.15, 0.2) is 17.3 Å². The topological polar surface area (TPSA) is 105 Å². The highest BCUT2D eigenvalue weighted by atomic mass is 16.5. The highest BCUT2D eigenvalue weighted by Crippen LogP contribution is 2.46. The van der Waals surface area contributed by atoms with Crippen molar-refractivity contribution in [2.75, 3.05) is 20.8 Å². The number of aromatic hydroxyl groups is 3. The molecular formula is C17H16O7. The quantitative estimate of drug-likeness (QED) is 0.791. The number of ether oxygens (including phenoxy) is 3. The Morgan fingerprint density at radius 1 is 1.04 bits per heavy atom. The van der Waals surface area contributed by atoms with Crippen LogP contribution in [0.4, 0.5) is 0 Å². The molecule has 1 heterocycles. The minimum Gasteiger partial charge on any atom is -0.508 e. The minimum absolute atomic E-state index is 0.000976. The summed E-state index contributed by atoms with van der Waals surface area (Å²) >= 11 is 0. The summed E-state index contributed by atoms with van der Waals surface area (Å²) in [7, 11) is 2.78. The van der Waals surface area contributed by atoms with Crippen molar-refractivity contribution in [3.8, 4) is 34.5 Å². The molecule has 2 aromatic carbocycles. The van der Waals surface area contributed by atoms with Crippen molar-refractivity contribution < 1.29 is 34.3 Å². The molecule has 0 saturated carbocycles. The zero-order valence-electron chi connectivity index (χ0n) is 13.1. The van der Waals surface area contributed by atoms with Crippen LogP contribution in [0.15, 0.2) is 24.3 Å². The van der Waals surface area contributed by atoms with Gasteiger partial charge in [-0.2, -0.15) is 0 Å². The summed E-state index contributed by atoms with van der Waals surface area (Å²) < 4.78 is 16.0. The number of hydrogen-bond acceptors (Lipinski definition) is 7. The van der Waals surface area contributed by atoms with E-state index in [-0.39, 0.29) is 52.5 Å². The average molecular weight is 332 g/mol. The molecule has 0 aromatic heterocycles. The molecule has 3 rings (SSSR count). The van der Waals surface area contributed by atoms with Gasteiger partial charge in [0, 0.05) is 17.7 Å². The summed E-state index contributed by atoms with van der Waals surface area (Å²) in [4.78, 5) is 12.8. The fourth-order valence-corrected chi connectivity index (χ4v) is 2.85. The summed E-state index contributed by atoms with van der Waals surface area (Å²) in [6, 6.07) is 5.30. The van der Waals surface area contributed by atoms with Gasteiger partial charge in [0.25, 0.3) is 0 Å². The highest BCUT2D eigenvalue weighted by molar-refractivity contribution is 6.07. The number of fused-ring (bicyclic) bond motifs is 1. The number of carbonyl (C=O) groups is 1. The number of carbonyl (C=O) groups excluding carboxylic acids is 1. The molecule has 2 aromatic rings. The number of hydrogen-bond donors (Lipinski definition) is 3. The summed E-state index contributed by atoms with van der Waals surface area (Å²) in [6.07, 6.45) is 0. The molecule has 0 radical (unpaired) electrons. The van der Waals surface area contributed by atoms with Crippen LogP contribution in [-0.2, 0) is 0 Å². The van der Waals surface area contributed by atoms with E-state index in [0.29, 0.717) is 5.56 Å². The van der Waals surface area contributed by atoms with E-state index in [1.165, 1.54) is 26.4 Å².